The maximum Gasteiger partial charge on any atom is 0.252 e. The Morgan fingerprint density at radius 2 is 1.78 bits per heavy atom. The molecule has 18 heavy (non-hydrogen) atoms. The van der Waals surface area contributed by atoms with Crippen LogP contribution in [0.3, 0.4) is 0 Å². The topological polar surface area (TPSA) is 41.6 Å². The number of aryl methyl sites for hydroxylation is 1. The molecule has 0 aliphatic carbocycles. The summed E-state index contributed by atoms with van der Waals surface area (Å²) < 4.78 is 52.3. The quantitative estimate of drug-likeness (QED) is 0.692. The summed E-state index contributed by atoms with van der Waals surface area (Å²) in [5, 5.41) is 0.148. The Hall–Kier alpha value is -1.57. The Kier molecular flexibility index (Phi) is 3.55. The Morgan fingerprint density at radius 3 is 2.28 bits per heavy atom. The van der Waals surface area contributed by atoms with Gasteiger partial charge in [-0.3, -0.25) is 0 Å². The monoisotopic (exact) mass is 277 g/mol. The molecule has 0 bridgehead atoms. The number of rotatable bonds is 3. The number of nitrogens with zero attached hydrogens (tertiary/aromatic N) is 2. The Morgan fingerprint density at radius 1 is 1.17 bits per heavy atom. The van der Waals surface area contributed by atoms with Gasteiger partial charge in [0.2, 0.25) is 0 Å². The van der Waals surface area contributed by atoms with E-state index in [1.54, 1.807) is 0 Å². The van der Waals surface area contributed by atoms with E-state index in [1.807, 2.05) is 6.92 Å². The van der Waals surface area contributed by atoms with Gasteiger partial charge in [0.25, 0.3) is 11.9 Å². The molecule has 0 radical (unpaired) electrons. The van der Waals surface area contributed by atoms with Crippen LogP contribution >= 0.6 is 11.8 Å². The van der Waals surface area contributed by atoms with Crippen LogP contribution in [-0.2, 0) is 6.42 Å². The number of hydrogen-bond acceptors (Lipinski definition) is 3. The van der Waals surface area contributed by atoms with E-state index in [0.29, 0.717) is 18.2 Å². The van der Waals surface area contributed by atoms with Gasteiger partial charge >= 0.3 is 0 Å². The number of pyridine rings is 1. The van der Waals surface area contributed by atoms with Crippen molar-refractivity contribution in [1.82, 2.24) is 15.0 Å². The van der Waals surface area contributed by atoms with Crippen molar-refractivity contribution in [1.29, 1.82) is 0 Å². The van der Waals surface area contributed by atoms with Gasteiger partial charge in [0.05, 0.1) is 4.90 Å². The van der Waals surface area contributed by atoms with Crippen molar-refractivity contribution in [3.8, 4) is 0 Å². The van der Waals surface area contributed by atoms with Crippen LogP contribution in [0.2, 0.25) is 0 Å². The highest BCUT2D eigenvalue weighted by Crippen LogP contribution is 2.31. The van der Waals surface area contributed by atoms with Crippen LogP contribution in [0.4, 0.5) is 17.6 Å². The van der Waals surface area contributed by atoms with Gasteiger partial charge in [0, 0.05) is 11.9 Å². The van der Waals surface area contributed by atoms with E-state index in [9.17, 15) is 17.6 Å². The van der Waals surface area contributed by atoms with Gasteiger partial charge < -0.3 is 4.98 Å². The van der Waals surface area contributed by atoms with Crippen LogP contribution in [0, 0.1) is 23.5 Å². The summed E-state index contributed by atoms with van der Waals surface area (Å²) >= 11 is 0.469. The molecule has 0 saturated heterocycles. The highest BCUT2D eigenvalue weighted by atomic mass is 32.2. The van der Waals surface area contributed by atoms with Crippen molar-refractivity contribution in [2.75, 3.05) is 0 Å². The van der Waals surface area contributed by atoms with E-state index in [-0.39, 0.29) is 5.16 Å². The summed E-state index contributed by atoms with van der Waals surface area (Å²) in [5.74, 6) is -6.43. The maximum absolute atomic E-state index is 13.3. The lowest BCUT2D eigenvalue weighted by atomic mass is 10.4. The molecule has 0 aliphatic heterocycles. The first-order chi connectivity index (χ1) is 8.52. The van der Waals surface area contributed by atoms with Crippen LogP contribution in [-0.4, -0.2) is 15.0 Å². The second-order valence-corrected chi connectivity index (χ2v) is 4.32. The molecule has 0 aromatic carbocycles. The fourth-order valence-corrected chi connectivity index (χ4v) is 2.05. The first-order valence-corrected chi connectivity index (χ1v) is 5.76. The standard InChI is InChI=1S/C10H7F4N3S/c1-2-4-3-15-10(16-4)18-7-5(11)8(13)17-9(14)6(7)12/h3H,2H2,1H3,(H,15,16). The molecule has 0 spiro atoms. The summed E-state index contributed by atoms with van der Waals surface area (Å²) in [6.45, 7) is 1.86. The molecule has 2 rings (SSSR count). The second-order valence-electron chi connectivity index (χ2n) is 3.32. The van der Waals surface area contributed by atoms with Crippen LogP contribution in [0.1, 0.15) is 12.6 Å². The lowest BCUT2D eigenvalue weighted by Crippen LogP contribution is -2.02. The van der Waals surface area contributed by atoms with Crippen molar-refractivity contribution in [2.24, 2.45) is 0 Å². The van der Waals surface area contributed by atoms with E-state index in [4.69, 9.17) is 0 Å². The normalized spacial score (nSPS) is 10.9. The first kappa shape index (κ1) is 12.9. The molecule has 0 amide bonds. The van der Waals surface area contributed by atoms with Gasteiger partial charge in [-0.15, -0.1) is 0 Å². The average Bonchev–Trinajstić information content (AvgIpc) is 2.80. The van der Waals surface area contributed by atoms with E-state index in [0.717, 1.165) is 5.69 Å². The number of imidazole rings is 1. The van der Waals surface area contributed by atoms with Crippen LogP contribution in [0.25, 0.3) is 0 Å². The Bertz CT molecular complexity index is 558. The van der Waals surface area contributed by atoms with Crippen LogP contribution in [0.5, 0.6) is 0 Å². The van der Waals surface area contributed by atoms with Gasteiger partial charge in [-0.05, 0) is 18.2 Å². The van der Waals surface area contributed by atoms with E-state index in [2.05, 4.69) is 15.0 Å². The Balaban J connectivity index is 2.39. The van der Waals surface area contributed by atoms with E-state index >= 15 is 0 Å². The minimum absolute atomic E-state index is 0.148. The van der Waals surface area contributed by atoms with Gasteiger partial charge in [-0.25, -0.2) is 13.8 Å². The van der Waals surface area contributed by atoms with Gasteiger partial charge in [0.1, 0.15) is 0 Å². The minimum atomic E-state index is -1.68. The molecule has 2 aromatic heterocycles. The third kappa shape index (κ3) is 2.33. The van der Waals surface area contributed by atoms with Crippen LogP contribution < -0.4 is 0 Å². The molecule has 0 aliphatic rings. The zero-order chi connectivity index (χ0) is 13.3. The van der Waals surface area contributed by atoms with E-state index < -0.39 is 28.4 Å². The number of halogens is 4. The molecule has 1 N–H and O–H groups in total. The van der Waals surface area contributed by atoms with Gasteiger partial charge in [-0.1, -0.05) is 6.92 Å². The lowest BCUT2D eigenvalue weighted by molar-refractivity contribution is 0.383. The molecular formula is C10H7F4N3S. The van der Waals surface area contributed by atoms with Crippen molar-refractivity contribution in [2.45, 2.75) is 23.4 Å². The van der Waals surface area contributed by atoms with Crippen molar-refractivity contribution in [3.63, 3.8) is 0 Å². The van der Waals surface area contributed by atoms with E-state index in [1.165, 1.54) is 6.20 Å². The fourth-order valence-electron chi connectivity index (χ4n) is 1.22. The summed E-state index contributed by atoms with van der Waals surface area (Å²) in [4.78, 5) is 8.25. The summed E-state index contributed by atoms with van der Waals surface area (Å²) in [6, 6.07) is 0. The van der Waals surface area contributed by atoms with Crippen molar-refractivity contribution in [3.05, 3.63) is 35.4 Å². The highest BCUT2D eigenvalue weighted by molar-refractivity contribution is 7.99. The van der Waals surface area contributed by atoms with Crippen molar-refractivity contribution < 1.29 is 17.6 Å². The third-order valence-corrected chi connectivity index (χ3v) is 3.11. The zero-order valence-electron chi connectivity index (χ0n) is 9.10. The predicted molar refractivity (Wildman–Crippen MR) is 56.2 cm³/mol. The number of aromatic nitrogens is 3. The van der Waals surface area contributed by atoms with Crippen LogP contribution in [0.15, 0.2) is 16.2 Å². The third-order valence-electron chi connectivity index (χ3n) is 2.14. The zero-order valence-corrected chi connectivity index (χ0v) is 9.92. The largest absolute Gasteiger partial charge is 0.337 e. The van der Waals surface area contributed by atoms with Gasteiger partial charge in [-0.2, -0.15) is 13.8 Å². The predicted octanol–water partition coefficient (Wildman–Crippen LogP) is 3.07. The molecule has 2 aromatic rings. The lowest BCUT2D eigenvalue weighted by Gasteiger charge is -2.03. The molecule has 2 heterocycles. The first-order valence-electron chi connectivity index (χ1n) is 4.94. The molecule has 0 fully saturated rings. The average molecular weight is 277 g/mol. The molecule has 8 heteroatoms. The Labute approximate surface area is 104 Å². The maximum atomic E-state index is 13.3. The summed E-state index contributed by atoms with van der Waals surface area (Å²) in [7, 11) is 0. The number of hydrogen-bond donors (Lipinski definition) is 1. The number of H-pyrrole nitrogens is 1. The highest BCUT2D eigenvalue weighted by Gasteiger charge is 2.22. The molecule has 96 valence electrons. The number of aromatic amines is 1. The summed E-state index contributed by atoms with van der Waals surface area (Å²) in [6.07, 6.45) is 2.13. The SMILES string of the molecule is CCc1cnc(Sc2c(F)c(F)nc(F)c2F)[nH]1. The van der Waals surface area contributed by atoms with Gasteiger partial charge in [0.15, 0.2) is 16.8 Å². The molecule has 0 unspecified atom stereocenters. The fraction of sp³-hybridized carbons (Fsp3) is 0.200. The summed E-state index contributed by atoms with van der Waals surface area (Å²) in [5.41, 5.74) is 0.744. The minimum Gasteiger partial charge on any atom is -0.337 e. The van der Waals surface area contributed by atoms with Crippen molar-refractivity contribution >= 4 is 11.8 Å². The number of nitrogens with one attached hydrogen (secondary N) is 1. The smallest absolute Gasteiger partial charge is 0.252 e. The second kappa shape index (κ2) is 4.97. The molecule has 3 nitrogen and oxygen atoms in total. The molecular weight excluding hydrogens is 270 g/mol. The molecule has 0 atom stereocenters. The molecule has 0 saturated carbocycles.